The molecule has 0 spiro atoms. The fraction of sp³-hybridized carbons (Fsp3) is 1.00. The first-order valence-corrected chi connectivity index (χ1v) is 6.28. The fourth-order valence-electron chi connectivity index (χ4n) is 2.44. The maximum atomic E-state index is 5.58. The van der Waals surface area contributed by atoms with E-state index < -0.39 is 0 Å². The van der Waals surface area contributed by atoms with Crippen LogP contribution >= 0.6 is 0 Å². The Morgan fingerprint density at radius 2 is 1.80 bits per heavy atom. The van der Waals surface area contributed by atoms with Crippen LogP contribution in [0.2, 0.25) is 0 Å². The minimum atomic E-state index is 0.184. The van der Waals surface area contributed by atoms with Crippen LogP contribution in [0, 0.1) is 17.8 Å². The van der Waals surface area contributed by atoms with Crippen molar-refractivity contribution >= 4 is 0 Å². The second-order valence-electron chi connectivity index (χ2n) is 5.09. The summed E-state index contributed by atoms with van der Waals surface area (Å²) < 4.78 is 5.25. The molecule has 88 valence electrons. The average molecular weight is 212 g/mol. The van der Waals surface area contributed by atoms with E-state index in [1.165, 1.54) is 32.2 Å². The van der Waals surface area contributed by atoms with Crippen LogP contribution in [-0.4, -0.2) is 32.8 Å². The lowest BCUT2D eigenvalue weighted by molar-refractivity contribution is 0.107. The standard InChI is InChI=1S/C12H24N2O/c1-15-11(6-13)7-14-8-12(9-2-3-9)10-4-5-10/h9-12,14H,2-8,13H2,1H3. The van der Waals surface area contributed by atoms with Crippen molar-refractivity contribution in [2.75, 3.05) is 26.7 Å². The van der Waals surface area contributed by atoms with E-state index in [1.807, 2.05) is 0 Å². The lowest BCUT2D eigenvalue weighted by Crippen LogP contribution is -2.37. The molecular weight excluding hydrogens is 188 g/mol. The van der Waals surface area contributed by atoms with Crippen molar-refractivity contribution in [3.8, 4) is 0 Å². The van der Waals surface area contributed by atoms with E-state index in [0.29, 0.717) is 6.54 Å². The molecule has 15 heavy (non-hydrogen) atoms. The van der Waals surface area contributed by atoms with Gasteiger partial charge in [-0.25, -0.2) is 0 Å². The molecular formula is C12H24N2O. The van der Waals surface area contributed by atoms with Crippen molar-refractivity contribution < 1.29 is 4.74 Å². The summed E-state index contributed by atoms with van der Waals surface area (Å²) in [4.78, 5) is 0. The van der Waals surface area contributed by atoms with E-state index >= 15 is 0 Å². The maximum Gasteiger partial charge on any atom is 0.0817 e. The molecule has 1 atom stereocenters. The quantitative estimate of drug-likeness (QED) is 0.630. The number of nitrogens with two attached hydrogens (primary N) is 1. The third kappa shape index (κ3) is 3.44. The van der Waals surface area contributed by atoms with Crippen LogP contribution in [0.15, 0.2) is 0 Å². The van der Waals surface area contributed by atoms with Crippen molar-refractivity contribution in [3.63, 3.8) is 0 Å². The molecule has 0 aromatic heterocycles. The third-order valence-corrected chi connectivity index (χ3v) is 3.80. The molecule has 0 radical (unpaired) electrons. The van der Waals surface area contributed by atoms with Crippen LogP contribution < -0.4 is 11.1 Å². The Morgan fingerprint density at radius 3 is 2.20 bits per heavy atom. The molecule has 3 nitrogen and oxygen atoms in total. The highest BCUT2D eigenvalue weighted by Crippen LogP contribution is 2.48. The predicted octanol–water partition coefficient (Wildman–Crippen LogP) is 0.986. The van der Waals surface area contributed by atoms with Gasteiger partial charge in [0.25, 0.3) is 0 Å². The summed E-state index contributed by atoms with van der Waals surface area (Å²) in [5.41, 5.74) is 5.58. The Labute approximate surface area is 92.7 Å². The molecule has 2 rings (SSSR count). The van der Waals surface area contributed by atoms with E-state index in [-0.39, 0.29) is 6.10 Å². The topological polar surface area (TPSA) is 47.3 Å². The van der Waals surface area contributed by atoms with E-state index in [2.05, 4.69) is 5.32 Å². The van der Waals surface area contributed by atoms with Crippen molar-refractivity contribution in [2.45, 2.75) is 31.8 Å². The number of hydrogen-bond donors (Lipinski definition) is 2. The van der Waals surface area contributed by atoms with Crippen LogP contribution in [0.1, 0.15) is 25.7 Å². The number of rotatable bonds is 8. The first kappa shape index (κ1) is 11.4. The summed E-state index contributed by atoms with van der Waals surface area (Å²) in [6, 6.07) is 0. The monoisotopic (exact) mass is 212 g/mol. The van der Waals surface area contributed by atoms with Gasteiger partial charge in [-0.1, -0.05) is 0 Å². The second kappa shape index (κ2) is 5.28. The number of methoxy groups -OCH3 is 1. The van der Waals surface area contributed by atoms with Gasteiger partial charge in [0.2, 0.25) is 0 Å². The third-order valence-electron chi connectivity index (χ3n) is 3.80. The smallest absolute Gasteiger partial charge is 0.0817 e. The molecule has 0 aliphatic heterocycles. The van der Waals surface area contributed by atoms with Gasteiger partial charge < -0.3 is 15.8 Å². The largest absolute Gasteiger partial charge is 0.379 e. The summed E-state index contributed by atoms with van der Waals surface area (Å²) in [6.45, 7) is 2.69. The van der Waals surface area contributed by atoms with Crippen LogP contribution in [0.3, 0.4) is 0 Å². The number of nitrogens with one attached hydrogen (secondary N) is 1. The molecule has 0 saturated heterocycles. The molecule has 0 aromatic carbocycles. The molecule has 3 heteroatoms. The zero-order chi connectivity index (χ0) is 10.7. The zero-order valence-electron chi connectivity index (χ0n) is 9.74. The van der Waals surface area contributed by atoms with Crippen molar-refractivity contribution in [1.29, 1.82) is 0 Å². The molecule has 0 heterocycles. The minimum absolute atomic E-state index is 0.184. The van der Waals surface area contributed by atoms with Crippen LogP contribution in [-0.2, 0) is 4.74 Å². The van der Waals surface area contributed by atoms with Crippen molar-refractivity contribution in [3.05, 3.63) is 0 Å². The van der Waals surface area contributed by atoms with E-state index in [1.54, 1.807) is 7.11 Å². The second-order valence-corrected chi connectivity index (χ2v) is 5.09. The Morgan fingerprint density at radius 1 is 1.20 bits per heavy atom. The van der Waals surface area contributed by atoms with E-state index in [4.69, 9.17) is 10.5 Å². The predicted molar refractivity (Wildman–Crippen MR) is 61.7 cm³/mol. The maximum absolute atomic E-state index is 5.58. The molecule has 1 unspecified atom stereocenters. The van der Waals surface area contributed by atoms with Gasteiger partial charge in [0, 0.05) is 20.2 Å². The minimum Gasteiger partial charge on any atom is -0.379 e. The van der Waals surface area contributed by atoms with E-state index in [0.717, 1.165) is 24.3 Å². The first-order valence-electron chi connectivity index (χ1n) is 6.28. The van der Waals surface area contributed by atoms with Gasteiger partial charge in [-0.05, 0) is 50.0 Å². The summed E-state index contributed by atoms with van der Waals surface area (Å²) in [7, 11) is 1.73. The normalized spacial score (nSPS) is 23.4. The Hall–Kier alpha value is -0.120. The van der Waals surface area contributed by atoms with Gasteiger partial charge in [0.1, 0.15) is 0 Å². The highest BCUT2D eigenvalue weighted by atomic mass is 16.5. The molecule has 0 amide bonds. The highest BCUT2D eigenvalue weighted by Gasteiger charge is 2.40. The van der Waals surface area contributed by atoms with Crippen molar-refractivity contribution in [1.82, 2.24) is 5.32 Å². The lowest BCUT2D eigenvalue weighted by Gasteiger charge is -2.19. The van der Waals surface area contributed by atoms with Crippen LogP contribution in [0.4, 0.5) is 0 Å². The zero-order valence-corrected chi connectivity index (χ0v) is 9.74. The van der Waals surface area contributed by atoms with Gasteiger partial charge in [-0.2, -0.15) is 0 Å². The highest BCUT2D eigenvalue weighted by molar-refractivity contribution is 4.92. The van der Waals surface area contributed by atoms with Gasteiger partial charge in [0.15, 0.2) is 0 Å². The molecule has 2 saturated carbocycles. The molecule has 2 fully saturated rings. The molecule has 0 bridgehead atoms. The van der Waals surface area contributed by atoms with Gasteiger partial charge in [-0.15, -0.1) is 0 Å². The summed E-state index contributed by atoms with van der Waals surface area (Å²) in [6.07, 6.45) is 6.05. The van der Waals surface area contributed by atoms with Gasteiger partial charge >= 0.3 is 0 Å². The Kier molecular flexibility index (Phi) is 4.00. The molecule has 3 N–H and O–H groups in total. The van der Waals surface area contributed by atoms with Gasteiger partial charge in [-0.3, -0.25) is 0 Å². The molecule has 2 aliphatic rings. The first-order chi connectivity index (χ1) is 7.35. The number of ether oxygens (including phenoxy) is 1. The van der Waals surface area contributed by atoms with Gasteiger partial charge in [0.05, 0.1) is 6.10 Å². The lowest BCUT2D eigenvalue weighted by atomic mass is 9.98. The van der Waals surface area contributed by atoms with Crippen LogP contribution in [0.5, 0.6) is 0 Å². The van der Waals surface area contributed by atoms with Crippen LogP contribution in [0.25, 0.3) is 0 Å². The van der Waals surface area contributed by atoms with E-state index in [9.17, 15) is 0 Å². The van der Waals surface area contributed by atoms with Crippen molar-refractivity contribution in [2.24, 2.45) is 23.5 Å². The number of hydrogen-bond acceptors (Lipinski definition) is 3. The average Bonchev–Trinajstić information content (AvgIpc) is 3.12. The fourth-order valence-corrected chi connectivity index (χ4v) is 2.44. The molecule has 2 aliphatic carbocycles. The summed E-state index contributed by atoms with van der Waals surface area (Å²) in [5, 5.41) is 3.53. The SMILES string of the molecule is COC(CN)CNCC(C1CC1)C1CC1. The Bertz CT molecular complexity index is 174. The Balaban J connectivity index is 1.62. The molecule has 0 aromatic rings. The summed E-state index contributed by atoms with van der Waals surface area (Å²) in [5.74, 6) is 3.01. The summed E-state index contributed by atoms with van der Waals surface area (Å²) >= 11 is 0.